The van der Waals surface area contributed by atoms with Crippen LogP contribution in [0.2, 0.25) is 0 Å². The lowest BCUT2D eigenvalue weighted by molar-refractivity contribution is -0.318. The number of carbonyl (C=O) groups is 5. The molecule has 86 heavy (non-hydrogen) atoms. The van der Waals surface area contributed by atoms with Crippen LogP contribution in [0.15, 0.2) is 40.9 Å². The number of ketones is 3. The van der Waals surface area contributed by atoms with Crippen LogP contribution in [0.3, 0.4) is 0 Å². The van der Waals surface area contributed by atoms with Gasteiger partial charge < -0.3 is 106 Å². The van der Waals surface area contributed by atoms with Gasteiger partial charge in [0.25, 0.3) is 5.91 Å². The average Bonchev–Trinajstić information content (AvgIpc) is 0.712. The Bertz CT molecular complexity index is 2710. The first kappa shape index (κ1) is 73.8. The average molecular weight is 1230 g/mol. The van der Waals surface area contributed by atoms with E-state index in [1.165, 1.54) is 72.0 Å². The van der Waals surface area contributed by atoms with Crippen molar-refractivity contribution < 1.29 is 120 Å². The van der Waals surface area contributed by atoms with Gasteiger partial charge in [-0.2, -0.15) is 0 Å². The van der Waals surface area contributed by atoms with E-state index in [0.717, 1.165) is 0 Å². The second kappa shape index (κ2) is 26.8. The lowest BCUT2D eigenvalue weighted by Gasteiger charge is -2.55. The molecule has 27 heteroatoms. The molecule has 17 N–H and O–H groups in total. The van der Waals surface area contributed by atoms with Crippen molar-refractivity contribution in [3.05, 3.63) is 52.0 Å². The highest BCUT2D eigenvalue weighted by molar-refractivity contribution is 6.25. The number of amides is 1. The fourth-order valence-corrected chi connectivity index (χ4v) is 14.0. The number of Topliss-reactive ketones (excluding diaryl/α,β-unsaturated/α-hetero) is 3. The predicted molar refractivity (Wildman–Crippen MR) is 304 cm³/mol. The number of esters is 1. The number of phenolic OH excluding ortho intramolecular Hbond substituents is 1. The van der Waals surface area contributed by atoms with Gasteiger partial charge in [-0.05, 0) is 108 Å². The van der Waals surface area contributed by atoms with Crippen LogP contribution in [0.4, 0.5) is 0 Å². The Balaban J connectivity index is 0.000000390. The zero-order valence-corrected chi connectivity index (χ0v) is 51.9. The summed E-state index contributed by atoms with van der Waals surface area (Å²) in [5.74, 6) is -14.6. The normalized spacial score (nSPS) is 43.3. The number of hydrogen-bond acceptors (Lipinski definition) is 24. The third-order valence-corrected chi connectivity index (χ3v) is 18.9. The van der Waals surface area contributed by atoms with E-state index in [9.17, 15) is 80.1 Å². The number of ether oxygens (including phenoxy) is 6. The molecule has 0 spiro atoms. The largest absolute Gasteiger partial charge is 0.510 e. The quantitative estimate of drug-likeness (QED) is 0.103. The van der Waals surface area contributed by atoms with Crippen molar-refractivity contribution in [1.82, 2.24) is 9.80 Å². The van der Waals surface area contributed by atoms with Crippen molar-refractivity contribution in [2.24, 2.45) is 41.2 Å². The van der Waals surface area contributed by atoms with E-state index in [0.29, 0.717) is 6.42 Å². The molecule has 27 nitrogen and oxygen atoms in total. The number of fused-ring (bicyclic) bond motifs is 3. The maximum absolute atomic E-state index is 14.1. The Kier molecular flexibility index (Phi) is 23.0. The molecule has 3 aliphatic carbocycles. The number of benzene rings is 1. The first-order valence-electron chi connectivity index (χ1n) is 28.6. The smallest absolute Gasteiger partial charge is 0.311 e. The topological polar surface area (TPSA) is 459 Å². The Morgan fingerprint density at radius 1 is 0.802 bits per heavy atom. The Morgan fingerprint density at radius 3 is 1.93 bits per heavy atom. The van der Waals surface area contributed by atoms with E-state index in [2.05, 4.69) is 0 Å². The molecule has 0 radical (unpaired) electrons. The van der Waals surface area contributed by atoms with Crippen LogP contribution in [0.5, 0.6) is 5.75 Å². The van der Waals surface area contributed by atoms with Gasteiger partial charge in [-0.1, -0.05) is 39.8 Å². The van der Waals surface area contributed by atoms with E-state index in [1.54, 1.807) is 41.5 Å². The fraction of sp³-hybridized carbons (Fsp3) is 0.746. The Morgan fingerprint density at radius 2 is 1.40 bits per heavy atom. The van der Waals surface area contributed by atoms with E-state index < -0.39 is 189 Å². The van der Waals surface area contributed by atoms with Crippen LogP contribution in [0, 0.1) is 35.5 Å². The minimum atomic E-state index is -3.02. The molecule has 1 aromatic rings. The number of methoxy groups -OCH3 is 1. The van der Waals surface area contributed by atoms with E-state index in [1.807, 2.05) is 25.9 Å². The second-order valence-electron chi connectivity index (χ2n) is 25.5. The van der Waals surface area contributed by atoms with Gasteiger partial charge >= 0.3 is 5.97 Å². The molecule has 0 bridgehead atoms. The number of carbonyl (C=O) groups excluding carboxylic acids is 5. The van der Waals surface area contributed by atoms with E-state index in [4.69, 9.17) is 34.2 Å². The molecule has 1 amide bonds. The third-order valence-electron chi connectivity index (χ3n) is 18.9. The van der Waals surface area contributed by atoms with Crippen LogP contribution in [0.1, 0.15) is 118 Å². The van der Waals surface area contributed by atoms with Gasteiger partial charge in [0.15, 0.2) is 24.0 Å². The number of likely N-dealkylation sites (N-methyl/N-ethyl adjacent to an activating group) is 2. The van der Waals surface area contributed by atoms with Crippen molar-refractivity contribution in [3.8, 4) is 5.75 Å². The number of hydrogen-bond donors (Lipinski definition) is 12. The lowest BCUT2D eigenvalue weighted by Crippen LogP contribution is -2.70. The maximum Gasteiger partial charge on any atom is 0.311 e. The third kappa shape index (κ3) is 12.9. The molecule has 3 fully saturated rings. The summed E-state index contributed by atoms with van der Waals surface area (Å²) >= 11 is 0. The van der Waals surface area contributed by atoms with Crippen molar-refractivity contribution in [2.45, 2.75) is 209 Å². The molecule has 490 valence electrons. The molecule has 3 aliphatic heterocycles. The summed E-state index contributed by atoms with van der Waals surface area (Å²) in [6, 6.07) is 2.21. The zero-order chi connectivity index (χ0) is 63.7. The molecule has 0 unspecified atom stereocenters. The van der Waals surface area contributed by atoms with Crippen molar-refractivity contribution in [3.63, 3.8) is 0 Å². The number of phenols is 1. The Labute approximate surface area is 500 Å². The molecule has 1 aromatic carbocycles. The molecule has 3 heterocycles. The minimum Gasteiger partial charge on any atom is -0.510 e. The summed E-state index contributed by atoms with van der Waals surface area (Å²) in [5.41, 5.74) is -6.72. The fourth-order valence-electron chi connectivity index (χ4n) is 14.0. The highest BCUT2D eigenvalue weighted by atomic mass is 16.7. The standard InChI is InChI=1S/C37H67NO13.C22H24N2O9.2H2O/c1-14-25-37(10,45)30(41)20(4)27(39)18(2)16-35(8,44)32(51-34-28(40)24(38(11)12)15-19(3)47-34)21(5)29(22(6)33(43)49-25)50-26-17-36(9,46-13)31(42)23(7)48-26;1-21(32)7-5-4-6-8(25)9(7)15(26)10-12(21)17(28)13-14(24(2)3)16(27)11(20(23)31)19(30)22(13,33)18(10)29;;/h18-26,28-32,34,40-42,44-45H,14-17H2,1-13H3;4-6,12-14,17,25,27-29,32-33H,1-3H3,(H2,23,31);2*1H2/t18-,19-,20+,21+,22-,23+,24+,25-,26+,28-,29+,30-,31+,32-,34+,35-,36-,37-;12-,13-,14+,17+,21-,22+;;/m11../s1. The summed E-state index contributed by atoms with van der Waals surface area (Å²) in [6.45, 7) is 17.6. The number of cyclic esters (lactones) is 1. The molecule has 3 saturated heterocycles. The van der Waals surface area contributed by atoms with Crippen LogP contribution in [-0.4, -0.2) is 243 Å². The van der Waals surface area contributed by atoms with Crippen molar-refractivity contribution in [2.75, 3.05) is 35.3 Å². The minimum absolute atomic E-state index is 0. The van der Waals surface area contributed by atoms with Gasteiger partial charge in [0, 0.05) is 37.3 Å². The van der Waals surface area contributed by atoms with Gasteiger partial charge in [0.1, 0.15) is 52.5 Å². The number of aromatic hydroxyl groups is 1. The molecule has 0 saturated carbocycles. The molecular weight excluding hydrogens is 1130 g/mol. The van der Waals surface area contributed by atoms with Gasteiger partial charge in [-0.15, -0.1) is 0 Å². The van der Waals surface area contributed by atoms with Crippen LogP contribution in [0.25, 0.3) is 0 Å². The molecule has 7 rings (SSSR count). The van der Waals surface area contributed by atoms with Gasteiger partial charge in [0.05, 0.1) is 88.4 Å². The predicted octanol–water partition coefficient (Wildman–Crippen LogP) is -1.11. The SMILES string of the molecule is CC[C@H]1OC(=O)[C@H](C)[C@@H](O[C@H]2C[C@@](C)(OC)[C@@H](O)[C@H](C)O2)[C@H](C)[C@@H](O[C@@H]2O[C@H](C)C[C@H](N(C)C)[C@H]2O)[C@](C)(O)C[C@@H](C)C(=O)[C@H](C)[C@@H](O)[C@]1(C)O.CN(C)[C@@H]1C(O)=C(C(N)=O)C(=O)[C@@]2(O)C(O)=C3C(=O)c4c(O)cccc4[C@@](C)(O)[C@H]3[C@H](O)[C@@H]12.O.O. The van der Waals surface area contributed by atoms with Crippen LogP contribution in [-0.2, 0) is 53.2 Å². The van der Waals surface area contributed by atoms with E-state index in [-0.39, 0.29) is 53.5 Å². The van der Waals surface area contributed by atoms with Crippen molar-refractivity contribution in [1.29, 1.82) is 0 Å². The number of nitrogens with two attached hydrogens (primary N) is 1. The number of rotatable bonds is 9. The zero-order valence-electron chi connectivity index (χ0n) is 51.9. The number of primary amides is 1. The first-order chi connectivity index (χ1) is 38.6. The lowest BCUT2D eigenvalue weighted by atomic mass is 9.54. The van der Waals surface area contributed by atoms with Crippen LogP contribution < -0.4 is 5.73 Å². The summed E-state index contributed by atoms with van der Waals surface area (Å²) in [7, 11) is 8.03. The second-order valence-corrected chi connectivity index (χ2v) is 25.5. The highest BCUT2D eigenvalue weighted by Crippen LogP contribution is 2.57. The summed E-state index contributed by atoms with van der Waals surface area (Å²) in [6.07, 6.45) is -11.6. The molecule has 0 aromatic heterocycles. The maximum atomic E-state index is 14.1. The Hall–Kier alpha value is -4.63. The van der Waals surface area contributed by atoms with Gasteiger partial charge in [-0.25, -0.2) is 0 Å². The molecule has 6 aliphatic rings. The summed E-state index contributed by atoms with van der Waals surface area (Å²) in [4.78, 5) is 69.6. The molecular formula is C59H95N3O24. The van der Waals surface area contributed by atoms with Gasteiger partial charge in [0.2, 0.25) is 5.78 Å². The first-order valence-corrected chi connectivity index (χ1v) is 28.6. The summed E-state index contributed by atoms with van der Waals surface area (Å²) in [5, 5.41) is 124. The number of nitrogens with zero attached hydrogens (tertiary/aromatic N) is 2. The summed E-state index contributed by atoms with van der Waals surface area (Å²) < 4.78 is 37.1. The van der Waals surface area contributed by atoms with Crippen LogP contribution >= 0.6 is 0 Å². The number of aliphatic hydroxyl groups is 10. The van der Waals surface area contributed by atoms with Crippen molar-refractivity contribution >= 4 is 29.2 Å². The van der Waals surface area contributed by atoms with E-state index >= 15 is 0 Å². The molecule has 24 atom stereocenters. The number of aliphatic hydroxyl groups excluding tert-OH is 6. The monoisotopic (exact) mass is 1230 g/mol. The van der Waals surface area contributed by atoms with Gasteiger partial charge in [-0.3, -0.25) is 28.9 Å². The highest BCUT2D eigenvalue weighted by Gasteiger charge is 2.69.